The summed E-state index contributed by atoms with van der Waals surface area (Å²) in [5, 5.41) is 7.10. The first-order chi connectivity index (χ1) is 13.0. The van der Waals surface area contributed by atoms with Gasteiger partial charge in [-0.2, -0.15) is 0 Å². The predicted octanol–water partition coefficient (Wildman–Crippen LogP) is 2.29. The highest BCUT2D eigenvalue weighted by molar-refractivity contribution is 7.99. The van der Waals surface area contributed by atoms with Crippen LogP contribution in [0.15, 0.2) is 28.2 Å². The first kappa shape index (κ1) is 19.9. The third-order valence-electron chi connectivity index (χ3n) is 4.34. The third-order valence-corrected chi connectivity index (χ3v) is 5.66. The fourth-order valence-corrected chi connectivity index (χ4v) is 3.93. The minimum absolute atomic E-state index is 0.0128. The van der Waals surface area contributed by atoms with Gasteiger partial charge in [0.05, 0.1) is 18.4 Å². The molecule has 27 heavy (non-hydrogen) atoms. The number of aromatic amines is 1. The summed E-state index contributed by atoms with van der Waals surface area (Å²) in [5.74, 6) is -0.607. The van der Waals surface area contributed by atoms with Crippen LogP contribution in [0.4, 0.5) is 4.39 Å². The van der Waals surface area contributed by atoms with E-state index in [2.05, 4.69) is 10.2 Å². The highest BCUT2D eigenvalue weighted by atomic mass is 35.5. The third kappa shape index (κ3) is 4.91. The molecule has 3 rings (SSSR count). The molecule has 1 aliphatic rings. The van der Waals surface area contributed by atoms with Crippen molar-refractivity contribution in [3.05, 3.63) is 45.1 Å². The van der Waals surface area contributed by atoms with E-state index in [4.69, 9.17) is 16.3 Å². The number of carbonyl (C=O) groups excluding carboxylic acids is 1. The highest BCUT2D eigenvalue weighted by Crippen LogP contribution is 2.22. The molecule has 1 aromatic heterocycles. The van der Waals surface area contributed by atoms with E-state index < -0.39 is 5.82 Å². The Morgan fingerprint density at radius 3 is 3.07 bits per heavy atom. The molecule has 1 fully saturated rings. The first-order valence-electron chi connectivity index (χ1n) is 8.52. The molecule has 1 amide bonds. The van der Waals surface area contributed by atoms with Gasteiger partial charge in [-0.25, -0.2) is 14.3 Å². The lowest BCUT2D eigenvalue weighted by molar-refractivity contribution is -0.127. The Hall–Kier alpha value is -1.84. The number of nitrogens with zero attached hydrogens (tertiary/aromatic N) is 3. The van der Waals surface area contributed by atoms with Crippen LogP contribution < -0.4 is 5.69 Å². The van der Waals surface area contributed by atoms with E-state index in [1.807, 2.05) is 0 Å². The molecular formula is C17H20ClFN4O3S. The summed E-state index contributed by atoms with van der Waals surface area (Å²) < 4.78 is 20.9. The topological polar surface area (TPSA) is 80.2 Å². The number of carbonyl (C=O) groups is 1. The largest absolute Gasteiger partial charge is 0.376 e. The van der Waals surface area contributed by atoms with Gasteiger partial charge in [0.1, 0.15) is 5.82 Å². The fourth-order valence-electron chi connectivity index (χ4n) is 2.81. The molecule has 1 saturated heterocycles. The summed E-state index contributed by atoms with van der Waals surface area (Å²) in [6, 6.07) is 4.41. The van der Waals surface area contributed by atoms with E-state index in [1.165, 1.54) is 21.6 Å². The molecule has 10 heteroatoms. The van der Waals surface area contributed by atoms with Gasteiger partial charge >= 0.3 is 5.69 Å². The number of hydrogen-bond donors (Lipinski definition) is 1. The van der Waals surface area contributed by atoms with Crippen LogP contribution in [0.5, 0.6) is 0 Å². The van der Waals surface area contributed by atoms with Gasteiger partial charge in [0.2, 0.25) is 5.91 Å². The van der Waals surface area contributed by atoms with Crippen molar-refractivity contribution >= 4 is 29.3 Å². The standard InChI is InChI=1S/C17H20ClFN4O3S/c1-22(9-12-13(18)5-2-6-14(12)19)15(24)10-27-17-21-20-16(25)23(17)8-11-4-3-7-26-11/h2,5-6,11H,3-4,7-10H2,1H3,(H,20,25). The maximum atomic E-state index is 13.9. The zero-order valence-corrected chi connectivity index (χ0v) is 16.4. The summed E-state index contributed by atoms with van der Waals surface area (Å²) >= 11 is 7.16. The second-order valence-electron chi connectivity index (χ2n) is 6.30. The molecule has 0 spiro atoms. The van der Waals surface area contributed by atoms with Crippen molar-refractivity contribution in [3.63, 3.8) is 0 Å². The van der Waals surface area contributed by atoms with E-state index in [9.17, 15) is 14.0 Å². The zero-order valence-electron chi connectivity index (χ0n) is 14.8. The summed E-state index contributed by atoms with van der Waals surface area (Å²) in [6.45, 7) is 1.17. The normalized spacial score (nSPS) is 16.6. The van der Waals surface area contributed by atoms with Gasteiger partial charge in [0, 0.05) is 30.8 Å². The Labute approximate surface area is 164 Å². The minimum Gasteiger partial charge on any atom is -0.376 e. The predicted molar refractivity (Wildman–Crippen MR) is 100 cm³/mol. The van der Waals surface area contributed by atoms with Gasteiger partial charge in [-0.15, -0.1) is 5.10 Å². The van der Waals surface area contributed by atoms with E-state index >= 15 is 0 Å². The van der Waals surface area contributed by atoms with Crippen molar-refractivity contribution in [1.29, 1.82) is 0 Å². The minimum atomic E-state index is -0.451. The van der Waals surface area contributed by atoms with Crippen molar-refractivity contribution in [1.82, 2.24) is 19.7 Å². The van der Waals surface area contributed by atoms with E-state index in [0.29, 0.717) is 18.3 Å². The van der Waals surface area contributed by atoms with Crippen molar-refractivity contribution in [2.75, 3.05) is 19.4 Å². The molecule has 2 heterocycles. The molecule has 1 N–H and O–H groups in total. The first-order valence-corrected chi connectivity index (χ1v) is 9.88. The molecule has 0 radical (unpaired) electrons. The van der Waals surface area contributed by atoms with E-state index in [0.717, 1.165) is 24.6 Å². The number of nitrogens with one attached hydrogen (secondary N) is 1. The Kier molecular flexibility index (Phi) is 6.56. The van der Waals surface area contributed by atoms with Crippen molar-refractivity contribution in [3.8, 4) is 0 Å². The maximum absolute atomic E-state index is 13.9. The van der Waals surface area contributed by atoms with E-state index in [1.54, 1.807) is 13.1 Å². The number of amides is 1. The van der Waals surface area contributed by atoms with Crippen molar-refractivity contribution in [2.45, 2.75) is 37.2 Å². The quantitative estimate of drug-likeness (QED) is 0.703. The van der Waals surface area contributed by atoms with Crippen LogP contribution in [0.3, 0.4) is 0 Å². The van der Waals surface area contributed by atoms with Gasteiger partial charge in [0.15, 0.2) is 5.16 Å². The summed E-state index contributed by atoms with van der Waals surface area (Å²) in [7, 11) is 1.58. The Morgan fingerprint density at radius 2 is 2.37 bits per heavy atom. The Balaban J connectivity index is 1.59. The molecule has 7 nitrogen and oxygen atoms in total. The Bertz CT molecular complexity index is 846. The van der Waals surface area contributed by atoms with Gasteiger partial charge < -0.3 is 9.64 Å². The van der Waals surface area contributed by atoms with Crippen LogP contribution >= 0.6 is 23.4 Å². The average molecular weight is 415 g/mol. The lowest BCUT2D eigenvalue weighted by Gasteiger charge is -2.18. The van der Waals surface area contributed by atoms with Crippen LogP contribution in [0.2, 0.25) is 5.02 Å². The van der Waals surface area contributed by atoms with Crippen LogP contribution in [-0.4, -0.2) is 51.1 Å². The Morgan fingerprint density at radius 1 is 1.56 bits per heavy atom. The highest BCUT2D eigenvalue weighted by Gasteiger charge is 2.21. The second kappa shape index (κ2) is 8.90. The molecule has 1 unspecified atom stereocenters. The molecule has 1 aromatic carbocycles. The number of aromatic nitrogens is 3. The molecular weight excluding hydrogens is 395 g/mol. The van der Waals surface area contributed by atoms with Crippen molar-refractivity contribution in [2.24, 2.45) is 0 Å². The lowest BCUT2D eigenvalue weighted by atomic mass is 10.2. The summed E-state index contributed by atoms with van der Waals surface area (Å²) in [5.41, 5.74) is -0.0537. The lowest BCUT2D eigenvalue weighted by Crippen LogP contribution is -2.29. The van der Waals surface area contributed by atoms with Gasteiger partial charge in [-0.05, 0) is 25.0 Å². The number of ether oxygens (including phenoxy) is 1. The van der Waals surface area contributed by atoms with Crippen molar-refractivity contribution < 1.29 is 13.9 Å². The number of rotatable bonds is 7. The summed E-state index contributed by atoms with van der Waals surface area (Å²) in [4.78, 5) is 25.7. The van der Waals surface area contributed by atoms with Crippen LogP contribution in [0.25, 0.3) is 0 Å². The molecule has 146 valence electrons. The fraction of sp³-hybridized carbons (Fsp3) is 0.471. The van der Waals surface area contributed by atoms with Gasteiger partial charge in [0.25, 0.3) is 0 Å². The number of halogens is 2. The average Bonchev–Trinajstić information content (AvgIpc) is 3.27. The molecule has 0 aliphatic carbocycles. The zero-order chi connectivity index (χ0) is 19.4. The number of benzene rings is 1. The molecule has 0 saturated carbocycles. The second-order valence-corrected chi connectivity index (χ2v) is 7.65. The number of thioether (sulfide) groups is 1. The molecule has 0 bridgehead atoms. The SMILES string of the molecule is CN(Cc1c(F)cccc1Cl)C(=O)CSc1n[nH]c(=O)n1CC1CCCO1. The van der Waals surface area contributed by atoms with Crippen LogP contribution in [0.1, 0.15) is 18.4 Å². The smallest absolute Gasteiger partial charge is 0.344 e. The number of hydrogen-bond acceptors (Lipinski definition) is 5. The maximum Gasteiger partial charge on any atom is 0.344 e. The van der Waals surface area contributed by atoms with E-state index in [-0.39, 0.29) is 40.6 Å². The van der Waals surface area contributed by atoms with Gasteiger partial charge in [-0.1, -0.05) is 29.4 Å². The summed E-state index contributed by atoms with van der Waals surface area (Å²) in [6.07, 6.45) is 1.86. The molecule has 1 atom stereocenters. The molecule has 2 aromatic rings. The van der Waals surface area contributed by atoms with Gasteiger partial charge in [-0.3, -0.25) is 9.36 Å². The monoisotopic (exact) mass is 414 g/mol. The van der Waals surface area contributed by atoms with Crippen LogP contribution in [0, 0.1) is 5.82 Å². The number of H-pyrrole nitrogens is 1. The molecule has 1 aliphatic heterocycles. The van der Waals surface area contributed by atoms with Crippen LogP contribution in [-0.2, 0) is 22.6 Å².